The summed E-state index contributed by atoms with van der Waals surface area (Å²) in [5.74, 6) is 0.799. The van der Waals surface area contributed by atoms with Crippen LogP contribution in [0.5, 0.6) is 11.5 Å². The van der Waals surface area contributed by atoms with E-state index in [0.717, 1.165) is 15.6 Å². The molecule has 0 saturated carbocycles. The average Bonchev–Trinajstić information content (AvgIpc) is 2.37. The van der Waals surface area contributed by atoms with Gasteiger partial charge in [-0.1, -0.05) is 31.9 Å². The van der Waals surface area contributed by atoms with Gasteiger partial charge in [0.15, 0.2) is 0 Å². The first kappa shape index (κ1) is 15.0. The smallest absolute Gasteiger partial charge is 0.312 e. The molecule has 20 heavy (non-hydrogen) atoms. The summed E-state index contributed by atoms with van der Waals surface area (Å²) in [6.45, 7) is 3.89. The molecule has 0 heterocycles. The molecule has 0 radical (unpaired) electrons. The van der Waals surface area contributed by atoms with Crippen LogP contribution < -0.4 is 4.74 Å². The van der Waals surface area contributed by atoms with Crippen LogP contribution in [0.3, 0.4) is 0 Å². The van der Waals surface area contributed by atoms with Crippen LogP contribution >= 0.6 is 31.9 Å². The zero-order chi connectivity index (χ0) is 14.9. The van der Waals surface area contributed by atoms with Crippen molar-refractivity contribution in [3.63, 3.8) is 0 Å². The van der Waals surface area contributed by atoms with Gasteiger partial charge in [0.1, 0.15) is 5.75 Å². The van der Waals surface area contributed by atoms with Crippen molar-refractivity contribution in [2.75, 3.05) is 0 Å². The van der Waals surface area contributed by atoms with Crippen molar-refractivity contribution in [3.8, 4) is 11.5 Å². The summed E-state index contributed by atoms with van der Waals surface area (Å²) in [5, 5.41) is 11.0. The van der Waals surface area contributed by atoms with Crippen LogP contribution in [0.2, 0.25) is 0 Å². The number of ether oxygens (including phenoxy) is 1. The van der Waals surface area contributed by atoms with Crippen LogP contribution in [0.1, 0.15) is 11.1 Å². The Labute approximate surface area is 133 Å². The molecule has 0 bridgehead atoms. The van der Waals surface area contributed by atoms with Crippen molar-refractivity contribution in [2.24, 2.45) is 0 Å². The summed E-state index contributed by atoms with van der Waals surface area (Å²) in [6, 6.07) is 8.38. The van der Waals surface area contributed by atoms with E-state index < -0.39 is 4.92 Å². The van der Waals surface area contributed by atoms with E-state index >= 15 is 0 Å². The van der Waals surface area contributed by atoms with Crippen LogP contribution in [0.15, 0.2) is 39.3 Å². The van der Waals surface area contributed by atoms with Gasteiger partial charge in [-0.05, 0) is 49.2 Å². The van der Waals surface area contributed by atoms with Crippen LogP contribution in [-0.2, 0) is 0 Å². The van der Waals surface area contributed by atoms with Gasteiger partial charge in [-0.3, -0.25) is 10.1 Å². The van der Waals surface area contributed by atoms with Crippen molar-refractivity contribution >= 4 is 37.5 Å². The molecule has 4 nitrogen and oxygen atoms in total. The lowest BCUT2D eigenvalue weighted by atomic mass is 10.1. The van der Waals surface area contributed by atoms with Gasteiger partial charge in [-0.2, -0.15) is 0 Å². The molecule has 2 rings (SSSR count). The Morgan fingerprint density at radius 3 is 2.25 bits per heavy atom. The lowest BCUT2D eigenvalue weighted by molar-refractivity contribution is -0.385. The molecule has 0 N–H and O–H groups in total. The monoisotopic (exact) mass is 399 g/mol. The summed E-state index contributed by atoms with van der Waals surface area (Å²) in [5.41, 5.74) is 1.96. The molecule has 0 unspecified atom stereocenters. The van der Waals surface area contributed by atoms with Crippen molar-refractivity contribution in [1.82, 2.24) is 0 Å². The molecule has 2 aromatic rings. The third-order valence-electron chi connectivity index (χ3n) is 2.76. The minimum absolute atomic E-state index is 0.0717. The molecule has 0 aliphatic heterocycles. The summed E-state index contributed by atoms with van der Waals surface area (Å²) in [7, 11) is 0. The van der Waals surface area contributed by atoms with Gasteiger partial charge in [-0.15, -0.1) is 0 Å². The Morgan fingerprint density at radius 2 is 1.70 bits per heavy atom. The molecule has 0 saturated heterocycles. The number of hydrogen-bond donors (Lipinski definition) is 0. The van der Waals surface area contributed by atoms with Gasteiger partial charge in [0.25, 0.3) is 0 Å². The molecule has 104 valence electrons. The van der Waals surface area contributed by atoms with E-state index in [-0.39, 0.29) is 11.4 Å². The summed E-state index contributed by atoms with van der Waals surface area (Å²) >= 11 is 6.69. The third kappa shape index (κ3) is 3.19. The minimum Gasteiger partial charge on any atom is -0.450 e. The number of aryl methyl sites for hydroxylation is 2. The molecule has 2 aromatic carbocycles. The second kappa shape index (κ2) is 5.93. The molecule has 6 heteroatoms. The van der Waals surface area contributed by atoms with E-state index in [1.165, 1.54) is 6.07 Å². The maximum absolute atomic E-state index is 11.0. The van der Waals surface area contributed by atoms with Crippen molar-refractivity contribution in [2.45, 2.75) is 13.8 Å². The molecular weight excluding hydrogens is 390 g/mol. The van der Waals surface area contributed by atoms with Crippen LogP contribution in [0, 0.1) is 24.0 Å². The standard InChI is InChI=1S/C14H11Br2NO3/c1-8-5-11(6-9(2)14(8)16)20-13-4-3-10(15)7-12(13)17(18)19/h3-7H,1-2H3. The number of halogens is 2. The van der Waals surface area contributed by atoms with E-state index in [4.69, 9.17) is 4.74 Å². The number of rotatable bonds is 3. The number of nitro benzene ring substituents is 1. The first-order chi connectivity index (χ1) is 9.38. The van der Waals surface area contributed by atoms with Gasteiger partial charge < -0.3 is 4.74 Å². The highest BCUT2D eigenvalue weighted by Crippen LogP contribution is 2.35. The predicted molar refractivity (Wildman–Crippen MR) is 84.5 cm³/mol. The number of nitro groups is 1. The van der Waals surface area contributed by atoms with E-state index in [1.54, 1.807) is 12.1 Å². The van der Waals surface area contributed by atoms with Crippen molar-refractivity contribution in [3.05, 3.63) is 60.5 Å². The zero-order valence-electron chi connectivity index (χ0n) is 10.8. The van der Waals surface area contributed by atoms with E-state index in [0.29, 0.717) is 10.2 Å². The SMILES string of the molecule is Cc1cc(Oc2ccc(Br)cc2[N+](=O)[O-])cc(C)c1Br. The molecule has 0 aliphatic carbocycles. The zero-order valence-corrected chi connectivity index (χ0v) is 14.0. The Balaban J connectivity index is 2.42. The second-order valence-electron chi connectivity index (χ2n) is 4.34. The fourth-order valence-electron chi connectivity index (χ4n) is 1.81. The Bertz CT molecular complexity index is 663. The topological polar surface area (TPSA) is 52.4 Å². The first-order valence-corrected chi connectivity index (χ1v) is 7.35. The van der Waals surface area contributed by atoms with Crippen LogP contribution in [0.25, 0.3) is 0 Å². The molecule has 0 atom stereocenters. The highest BCUT2D eigenvalue weighted by Gasteiger charge is 2.16. The van der Waals surface area contributed by atoms with Gasteiger partial charge in [0.2, 0.25) is 5.75 Å². The molecule has 0 fully saturated rings. The average molecular weight is 401 g/mol. The summed E-state index contributed by atoms with van der Waals surface area (Å²) in [4.78, 5) is 10.6. The molecule has 0 amide bonds. The lowest BCUT2D eigenvalue weighted by Gasteiger charge is -2.10. The molecule has 0 aromatic heterocycles. The Morgan fingerprint density at radius 1 is 1.10 bits per heavy atom. The fraction of sp³-hybridized carbons (Fsp3) is 0.143. The maximum Gasteiger partial charge on any atom is 0.312 e. The van der Waals surface area contributed by atoms with Gasteiger partial charge in [0.05, 0.1) is 4.92 Å². The molecule has 0 aliphatic rings. The Kier molecular flexibility index (Phi) is 4.45. The third-order valence-corrected chi connectivity index (χ3v) is 4.50. The summed E-state index contributed by atoms with van der Waals surface area (Å²) in [6.07, 6.45) is 0. The Hall–Kier alpha value is -1.40. The number of benzene rings is 2. The minimum atomic E-state index is -0.460. The largest absolute Gasteiger partial charge is 0.450 e. The second-order valence-corrected chi connectivity index (χ2v) is 6.05. The van der Waals surface area contributed by atoms with Gasteiger partial charge >= 0.3 is 5.69 Å². The molecular formula is C14H11Br2NO3. The van der Waals surface area contributed by atoms with E-state index in [1.807, 2.05) is 26.0 Å². The van der Waals surface area contributed by atoms with Crippen LogP contribution in [0.4, 0.5) is 5.69 Å². The summed E-state index contributed by atoms with van der Waals surface area (Å²) < 4.78 is 7.31. The number of hydrogen-bond acceptors (Lipinski definition) is 3. The highest BCUT2D eigenvalue weighted by atomic mass is 79.9. The lowest BCUT2D eigenvalue weighted by Crippen LogP contribution is -1.94. The fourth-order valence-corrected chi connectivity index (χ4v) is 2.39. The van der Waals surface area contributed by atoms with Gasteiger partial charge in [0, 0.05) is 15.0 Å². The predicted octanol–water partition coefficient (Wildman–Crippen LogP) is 5.53. The van der Waals surface area contributed by atoms with E-state index in [9.17, 15) is 10.1 Å². The normalized spacial score (nSPS) is 10.4. The first-order valence-electron chi connectivity index (χ1n) is 5.77. The van der Waals surface area contributed by atoms with E-state index in [2.05, 4.69) is 31.9 Å². The maximum atomic E-state index is 11.0. The number of nitrogens with zero attached hydrogens (tertiary/aromatic N) is 1. The van der Waals surface area contributed by atoms with Gasteiger partial charge in [-0.25, -0.2) is 0 Å². The molecule has 0 spiro atoms. The highest BCUT2D eigenvalue weighted by molar-refractivity contribution is 9.10. The quantitative estimate of drug-likeness (QED) is 0.502. The van der Waals surface area contributed by atoms with Crippen LogP contribution in [-0.4, -0.2) is 4.92 Å². The van der Waals surface area contributed by atoms with Crippen molar-refractivity contribution < 1.29 is 9.66 Å². The van der Waals surface area contributed by atoms with Crippen molar-refractivity contribution in [1.29, 1.82) is 0 Å².